The Hall–Kier alpha value is -1.26. The lowest BCUT2D eigenvalue weighted by Gasteiger charge is -2.19. The average molecular weight is 256 g/mol. The van der Waals surface area contributed by atoms with Crippen molar-refractivity contribution in [3.05, 3.63) is 0 Å². The molecule has 1 unspecified atom stereocenters. The van der Waals surface area contributed by atoms with Crippen LogP contribution in [0.2, 0.25) is 0 Å². The number of carbonyl (C=O) groups is 2. The van der Waals surface area contributed by atoms with E-state index in [0.717, 1.165) is 32.1 Å². The number of nitrogens with one attached hydrogen (secondary N) is 2. The Morgan fingerprint density at radius 1 is 1.22 bits per heavy atom. The van der Waals surface area contributed by atoms with E-state index in [1.165, 1.54) is 12.8 Å². The molecule has 0 saturated heterocycles. The summed E-state index contributed by atoms with van der Waals surface area (Å²) in [5, 5.41) is 14.4. The highest BCUT2D eigenvalue weighted by molar-refractivity contribution is 5.82. The molecule has 1 fully saturated rings. The number of amides is 2. The number of carboxylic acid groups (broad SMARTS) is 1. The number of carboxylic acids is 1. The minimum absolute atomic E-state index is 0.198. The number of hydrogen-bond acceptors (Lipinski definition) is 2. The molecule has 0 aromatic rings. The number of carbonyl (C=O) groups excluding carboxylic acids is 1. The maximum absolute atomic E-state index is 11.7. The molecule has 1 saturated carbocycles. The second-order valence-electron chi connectivity index (χ2n) is 4.99. The third kappa shape index (κ3) is 5.38. The molecule has 1 atom stereocenters. The van der Waals surface area contributed by atoms with Crippen LogP contribution in [0.1, 0.15) is 58.3 Å². The van der Waals surface area contributed by atoms with Gasteiger partial charge >= 0.3 is 12.0 Å². The predicted molar refractivity (Wildman–Crippen MR) is 69.5 cm³/mol. The quantitative estimate of drug-likeness (QED) is 0.660. The van der Waals surface area contributed by atoms with Crippen LogP contribution in [-0.4, -0.2) is 29.2 Å². The molecule has 0 bridgehead atoms. The molecule has 0 aromatic heterocycles. The SMILES string of the molecule is CCCC(NC(=O)NC1CCCCCC1)C(=O)O. The van der Waals surface area contributed by atoms with Gasteiger partial charge in [0.1, 0.15) is 6.04 Å². The van der Waals surface area contributed by atoms with Gasteiger partial charge in [-0.1, -0.05) is 39.0 Å². The average Bonchev–Trinajstić information content (AvgIpc) is 2.57. The first-order chi connectivity index (χ1) is 8.63. The summed E-state index contributed by atoms with van der Waals surface area (Å²) in [6.07, 6.45) is 7.94. The minimum Gasteiger partial charge on any atom is -0.480 e. The summed E-state index contributed by atoms with van der Waals surface area (Å²) in [6.45, 7) is 1.90. The third-order valence-electron chi connectivity index (χ3n) is 3.37. The smallest absolute Gasteiger partial charge is 0.326 e. The maximum Gasteiger partial charge on any atom is 0.326 e. The topological polar surface area (TPSA) is 78.4 Å². The molecule has 1 aliphatic carbocycles. The van der Waals surface area contributed by atoms with Crippen molar-refractivity contribution in [3.63, 3.8) is 0 Å². The molecule has 0 aromatic carbocycles. The molecular formula is C13H24N2O3. The van der Waals surface area contributed by atoms with Gasteiger partial charge in [0, 0.05) is 6.04 Å². The number of urea groups is 1. The zero-order chi connectivity index (χ0) is 13.4. The van der Waals surface area contributed by atoms with Gasteiger partial charge in [-0.2, -0.15) is 0 Å². The molecular weight excluding hydrogens is 232 g/mol. The van der Waals surface area contributed by atoms with E-state index in [2.05, 4.69) is 10.6 Å². The zero-order valence-corrected chi connectivity index (χ0v) is 11.1. The fourth-order valence-electron chi connectivity index (χ4n) is 2.36. The molecule has 5 heteroatoms. The molecule has 18 heavy (non-hydrogen) atoms. The lowest BCUT2D eigenvalue weighted by molar-refractivity contribution is -0.139. The highest BCUT2D eigenvalue weighted by Gasteiger charge is 2.20. The largest absolute Gasteiger partial charge is 0.480 e. The van der Waals surface area contributed by atoms with Crippen molar-refractivity contribution in [2.24, 2.45) is 0 Å². The van der Waals surface area contributed by atoms with Gasteiger partial charge in [-0.05, 0) is 19.3 Å². The summed E-state index contributed by atoms with van der Waals surface area (Å²) in [7, 11) is 0. The number of hydrogen-bond donors (Lipinski definition) is 3. The molecule has 1 rings (SSSR count). The second-order valence-corrected chi connectivity index (χ2v) is 4.99. The molecule has 104 valence electrons. The van der Waals surface area contributed by atoms with Crippen LogP contribution in [0, 0.1) is 0 Å². The van der Waals surface area contributed by atoms with E-state index in [-0.39, 0.29) is 12.1 Å². The van der Waals surface area contributed by atoms with Crippen LogP contribution >= 0.6 is 0 Å². The van der Waals surface area contributed by atoms with Crippen LogP contribution in [-0.2, 0) is 4.79 Å². The summed E-state index contributed by atoms with van der Waals surface area (Å²) in [5.74, 6) is -0.965. The van der Waals surface area contributed by atoms with Crippen molar-refractivity contribution in [1.82, 2.24) is 10.6 Å². The van der Waals surface area contributed by atoms with Crippen LogP contribution < -0.4 is 10.6 Å². The summed E-state index contributed by atoms with van der Waals surface area (Å²) in [6, 6.07) is -0.924. The van der Waals surface area contributed by atoms with E-state index in [1.807, 2.05) is 6.92 Å². The Labute approximate surface area is 108 Å². The van der Waals surface area contributed by atoms with Crippen LogP contribution in [0.5, 0.6) is 0 Å². The molecule has 0 spiro atoms. The third-order valence-corrected chi connectivity index (χ3v) is 3.37. The molecule has 0 radical (unpaired) electrons. The van der Waals surface area contributed by atoms with Crippen LogP contribution in [0.3, 0.4) is 0 Å². The zero-order valence-electron chi connectivity index (χ0n) is 11.1. The number of aliphatic carboxylic acids is 1. The van der Waals surface area contributed by atoms with Crippen LogP contribution in [0.15, 0.2) is 0 Å². The maximum atomic E-state index is 11.7. The van der Waals surface area contributed by atoms with Gasteiger partial charge in [0.2, 0.25) is 0 Å². The molecule has 5 nitrogen and oxygen atoms in total. The molecule has 3 N–H and O–H groups in total. The van der Waals surface area contributed by atoms with Crippen molar-refractivity contribution in [1.29, 1.82) is 0 Å². The van der Waals surface area contributed by atoms with E-state index < -0.39 is 12.0 Å². The summed E-state index contributed by atoms with van der Waals surface area (Å²) < 4.78 is 0. The first-order valence-electron chi connectivity index (χ1n) is 6.93. The van der Waals surface area contributed by atoms with Crippen molar-refractivity contribution < 1.29 is 14.7 Å². The normalized spacial score (nSPS) is 18.7. The molecule has 0 aliphatic heterocycles. The fraction of sp³-hybridized carbons (Fsp3) is 0.846. The summed E-state index contributed by atoms with van der Waals surface area (Å²) in [5.41, 5.74) is 0. The van der Waals surface area contributed by atoms with E-state index in [4.69, 9.17) is 5.11 Å². The van der Waals surface area contributed by atoms with Gasteiger partial charge in [0.15, 0.2) is 0 Å². The second kappa shape index (κ2) is 7.95. The monoisotopic (exact) mass is 256 g/mol. The highest BCUT2D eigenvalue weighted by Crippen LogP contribution is 2.17. The van der Waals surface area contributed by atoms with E-state index in [0.29, 0.717) is 6.42 Å². The van der Waals surface area contributed by atoms with E-state index >= 15 is 0 Å². The summed E-state index contributed by atoms with van der Waals surface area (Å²) in [4.78, 5) is 22.7. The van der Waals surface area contributed by atoms with Crippen molar-refractivity contribution >= 4 is 12.0 Å². The lowest BCUT2D eigenvalue weighted by Crippen LogP contribution is -2.48. The van der Waals surface area contributed by atoms with Gasteiger partial charge in [-0.3, -0.25) is 0 Å². The molecule has 1 aliphatic rings. The molecule has 2 amide bonds. The van der Waals surface area contributed by atoms with Gasteiger partial charge in [-0.25, -0.2) is 9.59 Å². The Morgan fingerprint density at radius 2 is 1.83 bits per heavy atom. The van der Waals surface area contributed by atoms with Gasteiger partial charge in [-0.15, -0.1) is 0 Å². The van der Waals surface area contributed by atoms with Gasteiger partial charge < -0.3 is 15.7 Å². The van der Waals surface area contributed by atoms with E-state index in [1.54, 1.807) is 0 Å². The van der Waals surface area contributed by atoms with Gasteiger partial charge in [0.05, 0.1) is 0 Å². The Morgan fingerprint density at radius 3 is 2.33 bits per heavy atom. The van der Waals surface area contributed by atoms with Crippen molar-refractivity contribution in [3.8, 4) is 0 Å². The highest BCUT2D eigenvalue weighted by atomic mass is 16.4. The Kier molecular flexibility index (Phi) is 6.54. The van der Waals surface area contributed by atoms with Crippen molar-refractivity contribution in [2.45, 2.75) is 70.4 Å². The standard InChI is InChI=1S/C13H24N2O3/c1-2-7-11(12(16)17)15-13(18)14-10-8-5-3-4-6-9-10/h10-11H,2-9H2,1H3,(H,16,17)(H2,14,15,18). The van der Waals surface area contributed by atoms with Crippen LogP contribution in [0.25, 0.3) is 0 Å². The minimum atomic E-state index is -0.965. The van der Waals surface area contributed by atoms with Crippen LogP contribution in [0.4, 0.5) is 4.79 Å². The first kappa shape index (κ1) is 14.8. The fourth-order valence-corrected chi connectivity index (χ4v) is 2.36. The van der Waals surface area contributed by atoms with Crippen molar-refractivity contribution in [2.75, 3.05) is 0 Å². The van der Waals surface area contributed by atoms with E-state index in [9.17, 15) is 9.59 Å². The Bertz CT molecular complexity index is 273. The predicted octanol–water partition coefficient (Wildman–Crippen LogP) is 2.26. The Balaban J connectivity index is 2.36. The molecule has 0 heterocycles. The first-order valence-corrected chi connectivity index (χ1v) is 6.93. The lowest BCUT2D eigenvalue weighted by atomic mass is 10.1. The summed E-state index contributed by atoms with van der Waals surface area (Å²) >= 11 is 0. The number of rotatable bonds is 5. The van der Waals surface area contributed by atoms with Gasteiger partial charge in [0.25, 0.3) is 0 Å².